The number of ether oxygens (including phenoxy) is 2. The molecule has 1 aliphatic carbocycles. The first-order valence-corrected chi connectivity index (χ1v) is 14.0. The van der Waals surface area contributed by atoms with E-state index in [0.29, 0.717) is 12.8 Å². The molecule has 0 unspecified atom stereocenters. The summed E-state index contributed by atoms with van der Waals surface area (Å²) < 4.78 is 41.5. The fourth-order valence-corrected chi connectivity index (χ4v) is 5.83. The summed E-state index contributed by atoms with van der Waals surface area (Å²) in [4.78, 5) is 15.5. The van der Waals surface area contributed by atoms with Crippen molar-refractivity contribution >= 4 is 39.1 Å². The summed E-state index contributed by atoms with van der Waals surface area (Å²) in [6, 6.07) is 7.09. The average Bonchev–Trinajstić information content (AvgIpc) is 3.46. The number of hydrogen-bond acceptors (Lipinski definition) is 9. The number of aliphatic hydroxyl groups excluding tert-OH is 3. The van der Waals surface area contributed by atoms with Crippen LogP contribution in [0.1, 0.15) is 24.4 Å². The predicted octanol–water partition coefficient (Wildman–Crippen LogP) is 2.74. The Bertz CT molecular complexity index is 1540. The number of halogens is 4. The predicted molar refractivity (Wildman–Crippen MR) is 147 cm³/mol. The van der Waals surface area contributed by atoms with E-state index in [4.69, 9.17) is 21.1 Å². The van der Waals surface area contributed by atoms with Crippen molar-refractivity contribution in [1.82, 2.24) is 15.0 Å². The number of carbonyl (C=O) groups is 1. The molecule has 15 heteroatoms. The van der Waals surface area contributed by atoms with Crippen molar-refractivity contribution in [2.45, 2.75) is 55.4 Å². The van der Waals surface area contributed by atoms with Gasteiger partial charge in [-0.2, -0.15) is 5.26 Å². The molecule has 0 spiro atoms. The summed E-state index contributed by atoms with van der Waals surface area (Å²) in [5.41, 5.74) is 0.178. The molecular formula is C27H25BrClF2N5O6. The molecule has 1 saturated heterocycles. The Morgan fingerprint density at radius 1 is 1.29 bits per heavy atom. The second-order valence-electron chi connectivity index (χ2n) is 10.00. The summed E-state index contributed by atoms with van der Waals surface area (Å²) >= 11 is 9.15. The van der Waals surface area contributed by atoms with Gasteiger partial charge in [0.1, 0.15) is 30.0 Å². The van der Waals surface area contributed by atoms with E-state index in [1.54, 1.807) is 0 Å². The van der Waals surface area contributed by atoms with E-state index >= 15 is 0 Å². The highest BCUT2D eigenvalue weighted by molar-refractivity contribution is 9.10. The lowest BCUT2D eigenvalue weighted by Gasteiger charge is -2.47. The molecule has 2 aliphatic rings. The maximum atomic E-state index is 14.7. The lowest BCUT2D eigenvalue weighted by molar-refractivity contribution is -0.211. The molecule has 7 atom stereocenters. The third kappa shape index (κ3) is 5.42. The zero-order valence-corrected chi connectivity index (χ0v) is 24.3. The fourth-order valence-electron chi connectivity index (χ4n) is 5.29. The summed E-state index contributed by atoms with van der Waals surface area (Å²) in [6.07, 6.45) is -4.15. The van der Waals surface area contributed by atoms with E-state index in [1.165, 1.54) is 48.5 Å². The highest BCUT2D eigenvalue weighted by Gasteiger charge is 2.52. The van der Waals surface area contributed by atoms with Crippen LogP contribution in [-0.4, -0.2) is 86.5 Å². The van der Waals surface area contributed by atoms with Crippen LogP contribution in [0.3, 0.4) is 0 Å². The average molecular weight is 669 g/mol. The molecular weight excluding hydrogens is 644 g/mol. The summed E-state index contributed by atoms with van der Waals surface area (Å²) in [7, 11) is 1.28. The third-order valence-electron chi connectivity index (χ3n) is 7.57. The minimum atomic E-state index is -1.47. The van der Waals surface area contributed by atoms with Crippen molar-refractivity contribution in [1.29, 1.82) is 5.26 Å². The molecule has 1 aromatic heterocycles. The summed E-state index contributed by atoms with van der Waals surface area (Å²) in [5, 5.41) is 49.3. The van der Waals surface area contributed by atoms with Gasteiger partial charge in [-0.15, -0.1) is 5.10 Å². The summed E-state index contributed by atoms with van der Waals surface area (Å²) in [6.45, 7) is -0.687. The number of nitrogens with zero attached hydrogens (tertiary/aromatic N) is 5. The number of methoxy groups -OCH3 is 1. The third-order valence-corrected chi connectivity index (χ3v) is 8.40. The highest BCUT2D eigenvalue weighted by atomic mass is 79.9. The second kappa shape index (κ2) is 12.3. The van der Waals surface area contributed by atoms with Gasteiger partial charge >= 0.3 is 0 Å². The number of anilines is 1. The van der Waals surface area contributed by atoms with E-state index in [0.717, 1.165) is 4.68 Å². The Kier molecular flexibility index (Phi) is 8.91. The quantitative estimate of drug-likeness (QED) is 0.323. The minimum absolute atomic E-state index is 0.0574. The van der Waals surface area contributed by atoms with Crippen LogP contribution in [0.15, 0.2) is 41.0 Å². The van der Waals surface area contributed by atoms with Gasteiger partial charge in [0, 0.05) is 23.4 Å². The SMILES string of the molecule is CO[C@@H]1[C@@H](n2cc(-c3ccc(Br)c(F)c3F)nn2)[C@@H](O)[C@@H](CO)O[C@H]1C(=O)N(c1cc(Cl)cc(C#N)c1)[C@@H]1CC[C@H]1O. The van der Waals surface area contributed by atoms with Gasteiger partial charge in [0.2, 0.25) is 0 Å². The molecule has 1 saturated carbocycles. The molecule has 3 N–H and O–H groups in total. The smallest absolute Gasteiger partial charge is 0.259 e. The number of benzene rings is 2. The Hall–Kier alpha value is -3.03. The van der Waals surface area contributed by atoms with E-state index in [2.05, 4.69) is 26.2 Å². The van der Waals surface area contributed by atoms with Crippen LogP contribution < -0.4 is 4.90 Å². The van der Waals surface area contributed by atoms with Crippen molar-refractivity contribution in [3.63, 3.8) is 0 Å². The maximum Gasteiger partial charge on any atom is 0.259 e. The van der Waals surface area contributed by atoms with E-state index < -0.39 is 66.8 Å². The minimum Gasteiger partial charge on any atom is -0.394 e. The number of aliphatic hydroxyl groups is 3. The molecule has 0 bridgehead atoms. The van der Waals surface area contributed by atoms with Crippen molar-refractivity contribution in [2.75, 3.05) is 18.6 Å². The molecule has 11 nitrogen and oxygen atoms in total. The molecule has 222 valence electrons. The van der Waals surface area contributed by atoms with Crippen LogP contribution in [-0.2, 0) is 14.3 Å². The molecule has 5 rings (SSSR count). The van der Waals surface area contributed by atoms with Crippen LogP contribution in [0.5, 0.6) is 0 Å². The standard InChI is InChI=1S/C27H25BrClF2N5O6/c1-41-25-23(35-10-17(33-34-35)15-2-3-16(28)22(31)21(15)30)24(39)20(11-37)42-26(25)27(40)36(18-4-5-19(18)38)14-7-12(9-32)6-13(29)8-14/h2-3,6-8,10,18-20,23-26,37-39H,4-5,11H2,1H3/t18-,19-,20-,23+,24+,25-,26-/m1/s1. The first kappa shape index (κ1) is 30.4. The maximum absolute atomic E-state index is 14.7. The van der Waals surface area contributed by atoms with Crippen LogP contribution in [0, 0.1) is 23.0 Å². The molecule has 3 aromatic rings. The first-order chi connectivity index (χ1) is 20.1. The topological polar surface area (TPSA) is 154 Å². The van der Waals surface area contributed by atoms with Crippen molar-refractivity contribution in [3.05, 3.63) is 63.2 Å². The lowest BCUT2D eigenvalue weighted by Crippen LogP contribution is -2.64. The highest BCUT2D eigenvalue weighted by Crippen LogP contribution is 2.38. The van der Waals surface area contributed by atoms with E-state index in [1.807, 2.05) is 6.07 Å². The van der Waals surface area contributed by atoms with E-state index in [-0.39, 0.29) is 32.0 Å². The van der Waals surface area contributed by atoms with Gasteiger partial charge in [-0.25, -0.2) is 13.5 Å². The Morgan fingerprint density at radius 3 is 2.67 bits per heavy atom. The van der Waals surface area contributed by atoms with Crippen LogP contribution in [0.4, 0.5) is 14.5 Å². The monoisotopic (exact) mass is 667 g/mol. The van der Waals surface area contributed by atoms with Gasteiger partial charge in [-0.3, -0.25) is 4.79 Å². The molecule has 0 radical (unpaired) electrons. The molecule has 2 aromatic carbocycles. The molecule has 1 aliphatic heterocycles. The summed E-state index contributed by atoms with van der Waals surface area (Å²) in [5.74, 6) is -2.97. The number of carbonyl (C=O) groups excluding carboxylic acids is 1. The Balaban J connectivity index is 1.54. The number of rotatable bonds is 7. The van der Waals surface area contributed by atoms with Crippen LogP contribution >= 0.6 is 27.5 Å². The van der Waals surface area contributed by atoms with Crippen molar-refractivity contribution < 1.29 is 38.4 Å². The Morgan fingerprint density at radius 2 is 2.05 bits per heavy atom. The molecule has 1 amide bonds. The van der Waals surface area contributed by atoms with Crippen molar-refractivity contribution in [3.8, 4) is 17.3 Å². The lowest BCUT2D eigenvalue weighted by atomic mass is 9.85. The van der Waals surface area contributed by atoms with E-state index in [9.17, 15) is 34.2 Å². The van der Waals surface area contributed by atoms with Crippen LogP contribution in [0.2, 0.25) is 5.02 Å². The molecule has 42 heavy (non-hydrogen) atoms. The number of aromatic nitrogens is 3. The Labute approximate surface area is 251 Å². The zero-order valence-electron chi connectivity index (χ0n) is 21.9. The van der Waals surface area contributed by atoms with Crippen molar-refractivity contribution in [2.24, 2.45) is 0 Å². The van der Waals surface area contributed by atoms with Gasteiger partial charge in [0.15, 0.2) is 17.7 Å². The zero-order chi connectivity index (χ0) is 30.3. The normalized spacial score (nSPS) is 27.3. The largest absolute Gasteiger partial charge is 0.394 e. The number of hydrogen-bond donors (Lipinski definition) is 3. The van der Waals surface area contributed by atoms with Crippen LogP contribution in [0.25, 0.3) is 11.3 Å². The van der Waals surface area contributed by atoms with Gasteiger partial charge in [0.25, 0.3) is 5.91 Å². The van der Waals surface area contributed by atoms with Gasteiger partial charge < -0.3 is 29.7 Å². The van der Waals surface area contributed by atoms with Gasteiger partial charge in [-0.05, 0) is 59.1 Å². The first-order valence-electron chi connectivity index (χ1n) is 12.8. The molecule has 2 fully saturated rings. The second-order valence-corrected chi connectivity index (χ2v) is 11.3. The van der Waals surface area contributed by atoms with Gasteiger partial charge in [0.05, 0.1) is 41.1 Å². The molecule has 2 heterocycles. The fraction of sp³-hybridized carbons (Fsp3) is 0.407. The van der Waals surface area contributed by atoms with Gasteiger partial charge in [-0.1, -0.05) is 16.8 Å². The number of nitriles is 1. The number of amides is 1.